The van der Waals surface area contributed by atoms with Gasteiger partial charge < -0.3 is 9.80 Å². The normalized spacial score (nSPS) is 30.0. The Labute approximate surface area is 385 Å². The van der Waals surface area contributed by atoms with Crippen molar-refractivity contribution in [2.75, 3.05) is 9.80 Å². The molecule has 2 heterocycles. The van der Waals surface area contributed by atoms with E-state index >= 15 is 0 Å². The summed E-state index contributed by atoms with van der Waals surface area (Å²) in [6, 6.07) is 59.7. The molecule has 0 radical (unpaired) electrons. The lowest BCUT2D eigenvalue weighted by Gasteiger charge is -2.49. The summed E-state index contributed by atoms with van der Waals surface area (Å²) in [6.07, 6.45) is 7.69. The highest BCUT2D eigenvalue weighted by Crippen LogP contribution is 2.80. The Morgan fingerprint density at radius 2 is 0.846 bits per heavy atom. The Morgan fingerprint density at radius 3 is 1.25 bits per heavy atom. The van der Waals surface area contributed by atoms with Gasteiger partial charge in [-0.3, -0.25) is 0 Å². The van der Waals surface area contributed by atoms with Crippen LogP contribution < -0.4 is 26.2 Å². The van der Waals surface area contributed by atoms with Crippen LogP contribution in [0, 0.1) is 33.5 Å². The maximum atomic E-state index is 2.68. The van der Waals surface area contributed by atoms with Crippen LogP contribution >= 0.6 is 0 Å². The molecular weight excluding hydrogens is 784 g/mol. The highest BCUT2D eigenvalue weighted by Gasteiger charge is 2.73. The zero-order valence-corrected chi connectivity index (χ0v) is 38.8. The first-order chi connectivity index (χ1) is 31.5. The molecule has 2 aliphatic heterocycles. The lowest BCUT2D eigenvalue weighted by Crippen LogP contribution is -2.61. The number of nitrogens with zero attached hydrogens (tertiary/aromatic N) is 2. The van der Waals surface area contributed by atoms with Crippen LogP contribution in [0.5, 0.6) is 0 Å². The van der Waals surface area contributed by atoms with E-state index < -0.39 is 0 Å². The van der Waals surface area contributed by atoms with E-state index in [9.17, 15) is 0 Å². The van der Waals surface area contributed by atoms with E-state index in [1.165, 1.54) is 111 Å². The minimum absolute atomic E-state index is 0.0250. The second kappa shape index (κ2) is 11.8. The van der Waals surface area contributed by atoms with Gasteiger partial charge in [0.2, 0.25) is 0 Å². The first-order valence-electron chi connectivity index (χ1n) is 24.9. The third kappa shape index (κ3) is 3.86. The fourth-order valence-corrected chi connectivity index (χ4v) is 17.7. The lowest BCUT2D eigenvalue weighted by molar-refractivity contribution is 0.0990. The van der Waals surface area contributed by atoms with Gasteiger partial charge in [0.05, 0.1) is 0 Å². The van der Waals surface area contributed by atoms with Gasteiger partial charge in [-0.25, -0.2) is 0 Å². The van der Waals surface area contributed by atoms with E-state index in [0.717, 1.165) is 0 Å². The van der Waals surface area contributed by atoms with Crippen LogP contribution in [0.2, 0.25) is 0 Å². The van der Waals surface area contributed by atoms with Gasteiger partial charge in [0.1, 0.15) is 0 Å². The van der Waals surface area contributed by atoms with Crippen molar-refractivity contribution in [2.45, 2.75) is 90.9 Å². The maximum absolute atomic E-state index is 2.68. The number of benzene rings is 7. The van der Waals surface area contributed by atoms with E-state index in [4.69, 9.17) is 0 Å². The highest BCUT2D eigenvalue weighted by atomic mass is 15.2. The molecule has 65 heavy (non-hydrogen) atoms. The van der Waals surface area contributed by atoms with Gasteiger partial charge in [0, 0.05) is 56.1 Å². The summed E-state index contributed by atoms with van der Waals surface area (Å²) < 4.78 is 0. The standard InChI is InChI=1S/C62H57BN2/c1-57(2)38-32-34-59(57,5)61(36-38)44-24-15-13-22-42(44)52-46(61)28-30-48-55(52)64(40-18-9-7-10-19-40)50-26-17-27-51-54(50)63(48)49-31-29-47-53(56(49)65(51)41-20-11-8-12-21-41)43-23-14-16-25-45(43)62(47)37-39-33-35-60(62,6)58(39,3)4/h7-31,38-39H,32-37H2,1-6H3/t38-,39-,59-,60-,61-,62+/m1/s1. The monoisotopic (exact) mass is 840 g/mol. The predicted octanol–water partition coefficient (Wildman–Crippen LogP) is 14.0. The van der Waals surface area contributed by atoms with Crippen molar-refractivity contribution < 1.29 is 0 Å². The van der Waals surface area contributed by atoms with Crippen molar-refractivity contribution in [3.63, 3.8) is 0 Å². The Morgan fingerprint density at radius 1 is 0.431 bits per heavy atom. The molecule has 0 saturated heterocycles. The van der Waals surface area contributed by atoms with Gasteiger partial charge in [0.25, 0.3) is 6.71 Å². The maximum Gasteiger partial charge on any atom is 0.252 e. The second-order valence-electron chi connectivity index (χ2n) is 23.2. The van der Waals surface area contributed by atoms with Crippen LogP contribution in [0.3, 0.4) is 0 Å². The Balaban J connectivity index is 1.07. The first kappa shape index (κ1) is 37.4. The third-order valence-electron chi connectivity index (χ3n) is 21.4. The smallest absolute Gasteiger partial charge is 0.252 e. The van der Waals surface area contributed by atoms with Gasteiger partial charge in [0.15, 0.2) is 0 Å². The summed E-state index contributed by atoms with van der Waals surface area (Å²) in [4.78, 5) is 5.37. The number of hydrogen-bond acceptors (Lipinski definition) is 2. The zero-order valence-electron chi connectivity index (χ0n) is 38.8. The molecule has 6 aliphatic carbocycles. The van der Waals surface area contributed by atoms with Crippen LogP contribution in [-0.4, -0.2) is 6.71 Å². The quantitative estimate of drug-likeness (QED) is 0.160. The van der Waals surface area contributed by atoms with E-state index in [-0.39, 0.29) is 39.2 Å². The number of hydrogen-bond donors (Lipinski definition) is 0. The molecule has 8 aliphatic rings. The van der Waals surface area contributed by atoms with Crippen LogP contribution in [-0.2, 0) is 10.8 Å². The molecule has 6 atom stereocenters. The molecule has 0 amide bonds. The van der Waals surface area contributed by atoms with Gasteiger partial charge in [-0.05, 0) is 158 Å². The minimum atomic E-state index is -0.0250. The molecule has 4 saturated carbocycles. The lowest BCUT2D eigenvalue weighted by atomic mass is 9.33. The van der Waals surface area contributed by atoms with Crippen LogP contribution in [0.4, 0.5) is 34.1 Å². The molecule has 0 N–H and O–H groups in total. The third-order valence-corrected chi connectivity index (χ3v) is 21.4. The fourth-order valence-electron chi connectivity index (χ4n) is 17.7. The van der Waals surface area contributed by atoms with Crippen molar-refractivity contribution in [3.05, 3.63) is 174 Å². The van der Waals surface area contributed by atoms with E-state index in [2.05, 4.69) is 203 Å². The molecule has 318 valence electrons. The van der Waals surface area contributed by atoms with Crippen molar-refractivity contribution in [1.29, 1.82) is 0 Å². The SMILES string of the molecule is CC1(C)[C@@H]2CC[C@@]1(C)[C@@]1(C2)c2ccccc2-c2c1ccc1c2N(c2ccccc2)c2cccc3c2B1c1ccc2c(c1N3c1ccccc1)-c1ccccc1[C@]21C[C@H]2CC[C@]1(C)C2(C)C. The zero-order chi connectivity index (χ0) is 43.6. The summed E-state index contributed by atoms with van der Waals surface area (Å²) in [5.74, 6) is 1.42. The fraction of sp³-hybridized carbons (Fsp3) is 0.323. The molecule has 0 unspecified atom stereocenters. The summed E-state index contributed by atoms with van der Waals surface area (Å²) >= 11 is 0. The van der Waals surface area contributed by atoms with Crippen molar-refractivity contribution in [1.82, 2.24) is 0 Å². The second-order valence-corrected chi connectivity index (χ2v) is 23.2. The average Bonchev–Trinajstić information content (AvgIpc) is 4.03. The topological polar surface area (TPSA) is 6.48 Å². The van der Waals surface area contributed by atoms with Gasteiger partial charge in [-0.1, -0.05) is 157 Å². The van der Waals surface area contributed by atoms with Crippen molar-refractivity contribution >= 4 is 57.2 Å². The van der Waals surface area contributed by atoms with E-state index in [1.807, 2.05) is 0 Å². The van der Waals surface area contributed by atoms with Crippen LogP contribution in [0.15, 0.2) is 152 Å². The average molecular weight is 841 g/mol. The molecule has 4 fully saturated rings. The van der Waals surface area contributed by atoms with Crippen LogP contribution in [0.25, 0.3) is 22.3 Å². The Hall–Kier alpha value is -5.80. The highest BCUT2D eigenvalue weighted by molar-refractivity contribution is 7.00. The number of para-hydroxylation sites is 2. The molecule has 7 aromatic rings. The molecular formula is C62H57BN2. The molecule has 15 rings (SSSR count). The molecule has 0 aromatic heterocycles. The molecule has 2 spiro atoms. The van der Waals surface area contributed by atoms with Gasteiger partial charge >= 0.3 is 0 Å². The largest absolute Gasteiger partial charge is 0.311 e. The Kier molecular flexibility index (Phi) is 6.78. The first-order valence-corrected chi connectivity index (χ1v) is 24.9. The molecule has 2 nitrogen and oxygen atoms in total. The minimum Gasteiger partial charge on any atom is -0.311 e. The summed E-state index contributed by atoms with van der Waals surface area (Å²) in [5, 5.41) is 0. The number of rotatable bonds is 2. The van der Waals surface area contributed by atoms with E-state index in [0.29, 0.717) is 11.8 Å². The summed E-state index contributed by atoms with van der Waals surface area (Å²) in [5.41, 5.74) is 24.9. The van der Waals surface area contributed by atoms with E-state index in [1.54, 1.807) is 22.3 Å². The molecule has 4 bridgehead atoms. The molecule has 7 aromatic carbocycles. The summed E-state index contributed by atoms with van der Waals surface area (Å²) in [7, 11) is 0. The van der Waals surface area contributed by atoms with Crippen LogP contribution in [0.1, 0.15) is 102 Å². The van der Waals surface area contributed by atoms with Gasteiger partial charge in [-0.2, -0.15) is 0 Å². The molecule has 3 heteroatoms. The van der Waals surface area contributed by atoms with Crippen molar-refractivity contribution in [3.8, 4) is 22.3 Å². The van der Waals surface area contributed by atoms with Crippen molar-refractivity contribution in [2.24, 2.45) is 33.5 Å². The number of anilines is 6. The Bertz CT molecular complexity index is 3040. The predicted molar refractivity (Wildman–Crippen MR) is 271 cm³/mol. The van der Waals surface area contributed by atoms with Gasteiger partial charge in [-0.15, -0.1) is 0 Å². The number of fused-ring (bicyclic) bond motifs is 22. The summed E-state index contributed by atoms with van der Waals surface area (Å²) in [6.45, 7) is 15.8.